The Morgan fingerprint density at radius 2 is 1.95 bits per heavy atom. The first-order valence-electron chi connectivity index (χ1n) is 13.3. The van der Waals surface area contributed by atoms with Crippen molar-refractivity contribution in [2.45, 2.75) is 51.2 Å². The predicted octanol–water partition coefficient (Wildman–Crippen LogP) is 2.13. The number of rotatable bonds is 9. The van der Waals surface area contributed by atoms with Gasteiger partial charge in [0.1, 0.15) is 5.82 Å². The predicted molar refractivity (Wildman–Crippen MR) is 159 cm³/mol. The van der Waals surface area contributed by atoms with Gasteiger partial charge in [-0.2, -0.15) is 0 Å². The molecule has 1 aliphatic carbocycles. The molecule has 11 nitrogen and oxygen atoms in total. The third-order valence-corrected chi connectivity index (χ3v) is 7.88. The van der Waals surface area contributed by atoms with Crippen LogP contribution in [-0.2, 0) is 16.3 Å². The van der Waals surface area contributed by atoms with Crippen LogP contribution in [0.2, 0.25) is 0 Å². The van der Waals surface area contributed by atoms with E-state index in [0.717, 1.165) is 25.9 Å². The summed E-state index contributed by atoms with van der Waals surface area (Å²) in [6, 6.07) is 2.48. The number of anilines is 3. The van der Waals surface area contributed by atoms with E-state index in [1.54, 1.807) is 30.1 Å². The number of carbonyl (C=O) groups is 1. The van der Waals surface area contributed by atoms with E-state index in [9.17, 15) is 9.00 Å². The van der Waals surface area contributed by atoms with Gasteiger partial charge in [0, 0.05) is 66.2 Å². The molecule has 5 rings (SSSR count). The first-order valence-corrected chi connectivity index (χ1v) is 15.4. The second-order valence-corrected chi connectivity index (χ2v) is 12.9. The molecule has 0 radical (unpaired) electrons. The zero-order valence-electron chi connectivity index (χ0n) is 23.0. The standard InChI is InChI=1S/C27H36FN9O2S/c1-16-14-37-15-23(34-26(37)21(32-16)13-31-40(3,4)39)35-27(38)24-20(28)11-22(19(12-30-2)25(24)29)36-9-7-18(8-10-36)33-17-5-6-17/h11-12,14-15,17-18,33H,3,5-10,13,29H2,1-2,4H3,(H,31,39)(H,35,38). The fourth-order valence-corrected chi connectivity index (χ4v) is 5.52. The number of amides is 1. The van der Waals surface area contributed by atoms with E-state index < -0.39 is 21.4 Å². The van der Waals surface area contributed by atoms with Gasteiger partial charge in [0.05, 0.1) is 41.1 Å². The Labute approximate surface area is 233 Å². The molecular formula is C27H36FN9O2S. The topological polar surface area (TPSA) is 142 Å². The van der Waals surface area contributed by atoms with E-state index in [2.05, 4.69) is 41.1 Å². The summed E-state index contributed by atoms with van der Waals surface area (Å²) in [4.78, 5) is 28.5. The molecule has 5 N–H and O–H groups in total. The minimum absolute atomic E-state index is 0.0237. The highest BCUT2D eigenvalue weighted by Crippen LogP contribution is 2.33. The number of hydrogen-bond acceptors (Lipinski definition) is 8. The first-order chi connectivity index (χ1) is 19.0. The average molecular weight is 570 g/mol. The average Bonchev–Trinajstić information content (AvgIpc) is 3.61. The molecule has 2 aliphatic rings. The van der Waals surface area contributed by atoms with Gasteiger partial charge in [-0.25, -0.2) is 14.1 Å². The lowest BCUT2D eigenvalue weighted by Crippen LogP contribution is -2.43. The van der Waals surface area contributed by atoms with Crippen LogP contribution in [0.1, 0.15) is 53.0 Å². The number of nitrogens with zero attached hydrogens (tertiary/aromatic N) is 5. The highest BCUT2D eigenvalue weighted by molar-refractivity contribution is 7.97. The number of imidazole rings is 1. The minimum atomic E-state index is -2.46. The van der Waals surface area contributed by atoms with Crippen LogP contribution < -0.4 is 26.0 Å². The normalized spacial score (nSPS) is 17.9. The van der Waals surface area contributed by atoms with Crippen LogP contribution in [-0.4, -0.2) is 75.0 Å². The fourth-order valence-electron chi connectivity index (χ4n) is 5.08. The lowest BCUT2D eigenvalue weighted by atomic mass is 9.99. The molecule has 214 valence electrons. The van der Waals surface area contributed by atoms with Crippen molar-refractivity contribution >= 4 is 50.5 Å². The van der Waals surface area contributed by atoms with Gasteiger partial charge in [-0.05, 0) is 44.5 Å². The lowest BCUT2D eigenvalue weighted by Gasteiger charge is -2.35. The quantitative estimate of drug-likeness (QED) is 0.176. The van der Waals surface area contributed by atoms with Crippen LogP contribution in [0.15, 0.2) is 23.5 Å². The SMILES string of the molecule is C=S(C)(=O)NCc1nc(C)cn2cc(NC(=O)c3c(F)cc(N4CCC(NC5CC5)CC4)c(C=NC)c3N)nc12. The van der Waals surface area contributed by atoms with Crippen LogP contribution in [0.25, 0.3) is 5.65 Å². The van der Waals surface area contributed by atoms with Crippen LogP contribution in [0.3, 0.4) is 0 Å². The number of hydrogen-bond donors (Lipinski definition) is 4. The number of carbonyl (C=O) groups excluding carboxylic acids is 1. The van der Waals surface area contributed by atoms with E-state index in [1.807, 2.05) is 6.92 Å². The molecule has 2 fully saturated rings. The number of benzene rings is 1. The van der Waals surface area contributed by atoms with Crippen LogP contribution in [0.5, 0.6) is 0 Å². The second kappa shape index (κ2) is 11.1. The van der Waals surface area contributed by atoms with Gasteiger partial charge < -0.3 is 25.7 Å². The number of fused-ring (bicyclic) bond motifs is 1. The maximum Gasteiger partial charge on any atom is 0.261 e. The first kappa shape index (κ1) is 28.0. The summed E-state index contributed by atoms with van der Waals surface area (Å²) < 4.78 is 32.1. The Morgan fingerprint density at radius 1 is 1.25 bits per heavy atom. The van der Waals surface area contributed by atoms with Crippen molar-refractivity contribution in [3.8, 4) is 0 Å². The maximum atomic E-state index is 15.5. The molecule has 1 unspecified atom stereocenters. The Bertz CT molecular complexity index is 1570. The lowest BCUT2D eigenvalue weighted by molar-refractivity contribution is 0.102. The number of aromatic nitrogens is 3. The van der Waals surface area contributed by atoms with Gasteiger partial charge in [-0.1, -0.05) is 0 Å². The van der Waals surface area contributed by atoms with Crippen molar-refractivity contribution in [1.82, 2.24) is 24.4 Å². The summed E-state index contributed by atoms with van der Waals surface area (Å²) in [6.07, 6.45) is 10.8. The molecule has 3 aromatic rings. The van der Waals surface area contributed by atoms with Gasteiger partial charge in [0.25, 0.3) is 5.91 Å². The fraction of sp³-hybridized carbons (Fsp3) is 0.444. The highest BCUT2D eigenvalue weighted by Gasteiger charge is 2.29. The molecule has 0 bridgehead atoms. The van der Waals surface area contributed by atoms with Crippen molar-refractivity contribution in [3.05, 3.63) is 46.8 Å². The van der Waals surface area contributed by atoms with Gasteiger partial charge in [0.15, 0.2) is 11.5 Å². The monoisotopic (exact) mass is 569 g/mol. The van der Waals surface area contributed by atoms with E-state index in [-0.39, 0.29) is 23.6 Å². The molecule has 1 saturated carbocycles. The number of nitrogens with one attached hydrogen (secondary N) is 3. The Kier molecular flexibility index (Phi) is 7.80. The summed E-state index contributed by atoms with van der Waals surface area (Å²) in [5.41, 5.74) is 9.02. The number of nitrogen functional groups attached to an aromatic ring is 1. The third-order valence-electron chi connectivity index (χ3n) is 7.12. The van der Waals surface area contributed by atoms with Crippen molar-refractivity contribution in [1.29, 1.82) is 0 Å². The maximum absolute atomic E-state index is 15.5. The van der Waals surface area contributed by atoms with E-state index in [1.165, 1.54) is 25.2 Å². The molecule has 40 heavy (non-hydrogen) atoms. The summed E-state index contributed by atoms with van der Waals surface area (Å²) >= 11 is 0. The van der Waals surface area contributed by atoms with E-state index >= 15 is 4.39 Å². The molecule has 2 aromatic heterocycles. The zero-order valence-corrected chi connectivity index (χ0v) is 23.9. The molecule has 13 heteroatoms. The highest BCUT2D eigenvalue weighted by atomic mass is 32.2. The van der Waals surface area contributed by atoms with Gasteiger partial charge in [0.2, 0.25) is 0 Å². The summed E-state index contributed by atoms with van der Waals surface area (Å²) in [6.45, 7) is 3.50. The van der Waals surface area contributed by atoms with E-state index in [4.69, 9.17) is 5.73 Å². The summed E-state index contributed by atoms with van der Waals surface area (Å²) in [5.74, 6) is 2.36. The van der Waals surface area contributed by atoms with Crippen molar-refractivity contribution in [2.75, 3.05) is 42.3 Å². The number of aryl methyl sites for hydroxylation is 1. The molecular weight excluding hydrogens is 533 g/mol. The van der Waals surface area contributed by atoms with Gasteiger partial charge >= 0.3 is 0 Å². The minimum Gasteiger partial charge on any atom is -0.397 e. The van der Waals surface area contributed by atoms with Crippen LogP contribution in [0, 0.1) is 12.7 Å². The van der Waals surface area contributed by atoms with Gasteiger partial charge in [-0.3, -0.25) is 19.0 Å². The number of nitrogens with two attached hydrogens (primary N) is 1. The van der Waals surface area contributed by atoms with Gasteiger partial charge in [-0.15, -0.1) is 0 Å². The molecule has 3 heterocycles. The second-order valence-electron chi connectivity index (χ2n) is 10.6. The summed E-state index contributed by atoms with van der Waals surface area (Å²) in [5, 5.41) is 6.34. The van der Waals surface area contributed by atoms with Crippen LogP contribution >= 0.6 is 0 Å². The van der Waals surface area contributed by atoms with Crippen molar-refractivity contribution in [2.24, 2.45) is 4.99 Å². The number of aliphatic imine (C=N–C) groups is 1. The molecule has 1 aromatic carbocycles. The van der Waals surface area contributed by atoms with Crippen LogP contribution in [0.4, 0.5) is 21.6 Å². The van der Waals surface area contributed by atoms with Crippen molar-refractivity contribution in [3.63, 3.8) is 0 Å². The molecule has 1 amide bonds. The number of piperidine rings is 1. The molecule has 0 spiro atoms. The summed E-state index contributed by atoms with van der Waals surface area (Å²) in [7, 11) is -0.843. The Morgan fingerprint density at radius 3 is 2.60 bits per heavy atom. The smallest absolute Gasteiger partial charge is 0.261 e. The Hall–Kier alpha value is -3.55. The number of halogens is 1. The Balaban J connectivity index is 1.39. The van der Waals surface area contributed by atoms with Crippen molar-refractivity contribution < 1.29 is 13.4 Å². The molecule has 1 aliphatic heterocycles. The van der Waals surface area contributed by atoms with E-state index in [0.29, 0.717) is 40.4 Å². The third kappa shape index (κ3) is 6.26. The zero-order chi connectivity index (χ0) is 28.6. The largest absolute Gasteiger partial charge is 0.397 e. The molecule has 1 saturated heterocycles. The molecule has 1 atom stereocenters.